The number of nitrogens with zero attached hydrogens (tertiary/aromatic N) is 3. The Morgan fingerprint density at radius 3 is 2.42 bits per heavy atom. The second-order valence-corrected chi connectivity index (χ2v) is 6.61. The van der Waals surface area contributed by atoms with E-state index in [1.807, 2.05) is 20.8 Å². The topological polar surface area (TPSA) is 72.0 Å². The summed E-state index contributed by atoms with van der Waals surface area (Å²) < 4.78 is 10.4. The predicted molar refractivity (Wildman–Crippen MR) is 90.2 cm³/mol. The summed E-state index contributed by atoms with van der Waals surface area (Å²) in [6, 6.07) is 1.77. The summed E-state index contributed by atoms with van der Waals surface area (Å²) in [7, 11) is 0. The van der Waals surface area contributed by atoms with Gasteiger partial charge in [0, 0.05) is 32.4 Å². The van der Waals surface area contributed by atoms with Crippen LogP contribution in [0, 0.1) is 0 Å². The van der Waals surface area contributed by atoms with Crippen LogP contribution in [0.4, 0.5) is 10.5 Å². The number of amides is 1. The van der Waals surface area contributed by atoms with Crippen molar-refractivity contribution in [1.29, 1.82) is 0 Å². The number of hydrogen-bond acceptors (Lipinski definition) is 6. The zero-order chi connectivity index (χ0) is 17.7. The highest BCUT2D eigenvalue weighted by Gasteiger charge is 2.26. The summed E-state index contributed by atoms with van der Waals surface area (Å²) in [5.74, 6) is -0.376. The first kappa shape index (κ1) is 18.0. The molecule has 1 aromatic rings. The third-order valence-corrected chi connectivity index (χ3v) is 3.53. The Bertz CT molecular complexity index is 590. The maximum Gasteiger partial charge on any atom is 0.410 e. The minimum atomic E-state index is -0.494. The van der Waals surface area contributed by atoms with Crippen molar-refractivity contribution in [3.63, 3.8) is 0 Å². The molecule has 24 heavy (non-hydrogen) atoms. The van der Waals surface area contributed by atoms with Crippen molar-refractivity contribution >= 4 is 17.7 Å². The molecule has 0 radical (unpaired) electrons. The molecule has 0 bridgehead atoms. The molecule has 132 valence electrons. The van der Waals surface area contributed by atoms with Crippen LogP contribution >= 0.6 is 0 Å². The molecule has 7 nitrogen and oxygen atoms in total. The molecule has 2 rings (SSSR count). The van der Waals surface area contributed by atoms with Gasteiger partial charge in [-0.3, -0.25) is 4.98 Å². The minimum Gasteiger partial charge on any atom is -0.462 e. The van der Waals surface area contributed by atoms with Gasteiger partial charge in [-0.25, -0.2) is 9.59 Å². The number of hydrogen-bond donors (Lipinski definition) is 0. The highest BCUT2D eigenvalue weighted by molar-refractivity contribution is 5.90. The van der Waals surface area contributed by atoms with Gasteiger partial charge < -0.3 is 19.3 Å². The summed E-state index contributed by atoms with van der Waals surface area (Å²) in [6.07, 6.45) is 2.92. The number of rotatable bonds is 3. The average molecular weight is 335 g/mol. The van der Waals surface area contributed by atoms with E-state index < -0.39 is 5.60 Å². The molecule has 0 aliphatic carbocycles. The Morgan fingerprint density at radius 1 is 1.17 bits per heavy atom. The minimum absolute atomic E-state index is 0.291. The first-order valence-electron chi connectivity index (χ1n) is 8.15. The SMILES string of the molecule is CCOC(=O)c1cncc(N2CCN(C(=O)OC(C)(C)C)CC2)c1. The number of piperazine rings is 1. The Labute approximate surface area is 142 Å². The van der Waals surface area contributed by atoms with Gasteiger partial charge in [0.15, 0.2) is 0 Å². The molecule has 0 saturated carbocycles. The third-order valence-electron chi connectivity index (χ3n) is 3.53. The fourth-order valence-electron chi connectivity index (χ4n) is 2.40. The smallest absolute Gasteiger partial charge is 0.410 e. The van der Waals surface area contributed by atoms with Gasteiger partial charge in [-0.05, 0) is 33.8 Å². The molecule has 0 aromatic carbocycles. The number of carbonyl (C=O) groups excluding carboxylic acids is 2. The normalized spacial score (nSPS) is 15.2. The van der Waals surface area contributed by atoms with E-state index in [0.29, 0.717) is 38.3 Å². The fraction of sp³-hybridized carbons (Fsp3) is 0.588. The third kappa shape index (κ3) is 4.84. The number of ether oxygens (including phenoxy) is 2. The Hall–Kier alpha value is -2.31. The van der Waals surface area contributed by atoms with Gasteiger partial charge in [0.1, 0.15) is 5.60 Å². The van der Waals surface area contributed by atoms with Crippen LogP contribution in [0.5, 0.6) is 0 Å². The first-order valence-corrected chi connectivity index (χ1v) is 8.15. The van der Waals surface area contributed by atoms with Crippen LogP contribution in [0.25, 0.3) is 0 Å². The second kappa shape index (κ2) is 7.51. The quantitative estimate of drug-likeness (QED) is 0.790. The van der Waals surface area contributed by atoms with Crippen LogP contribution in [0.15, 0.2) is 18.5 Å². The lowest BCUT2D eigenvalue weighted by atomic mass is 10.2. The summed E-state index contributed by atoms with van der Waals surface area (Å²) >= 11 is 0. The van der Waals surface area contributed by atoms with Gasteiger partial charge in [0.25, 0.3) is 0 Å². The van der Waals surface area contributed by atoms with Gasteiger partial charge in [-0.15, -0.1) is 0 Å². The standard InChI is InChI=1S/C17H25N3O4/c1-5-23-15(21)13-10-14(12-18-11-13)19-6-8-20(9-7-19)16(22)24-17(2,3)4/h10-12H,5-9H2,1-4H3. The van der Waals surface area contributed by atoms with E-state index in [1.54, 1.807) is 24.1 Å². The van der Waals surface area contributed by atoms with Crippen molar-refractivity contribution in [2.75, 3.05) is 37.7 Å². The van der Waals surface area contributed by atoms with Gasteiger partial charge in [0.2, 0.25) is 0 Å². The lowest BCUT2D eigenvalue weighted by Crippen LogP contribution is -2.50. The highest BCUT2D eigenvalue weighted by atomic mass is 16.6. The first-order chi connectivity index (χ1) is 11.3. The molecule has 0 atom stereocenters. The van der Waals surface area contributed by atoms with Crippen LogP contribution in [0.3, 0.4) is 0 Å². The van der Waals surface area contributed by atoms with Gasteiger partial charge in [-0.1, -0.05) is 0 Å². The molecule has 1 fully saturated rings. The molecule has 0 unspecified atom stereocenters. The lowest BCUT2D eigenvalue weighted by Gasteiger charge is -2.36. The van der Waals surface area contributed by atoms with E-state index in [4.69, 9.17) is 9.47 Å². The van der Waals surface area contributed by atoms with Crippen molar-refractivity contribution in [1.82, 2.24) is 9.88 Å². The summed E-state index contributed by atoms with van der Waals surface area (Å²) in [5, 5.41) is 0. The lowest BCUT2D eigenvalue weighted by molar-refractivity contribution is 0.0240. The van der Waals surface area contributed by atoms with Crippen molar-refractivity contribution in [3.05, 3.63) is 24.0 Å². The Balaban J connectivity index is 1.96. The molecule has 0 N–H and O–H groups in total. The number of carbonyl (C=O) groups is 2. The van der Waals surface area contributed by atoms with Crippen LogP contribution < -0.4 is 4.90 Å². The summed E-state index contributed by atoms with van der Waals surface area (Å²) in [4.78, 5) is 31.8. The summed E-state index contributed by atoms with van der Waals surface area (Å²) in [6.45, 7) is 10.1. The van der Waals surface area contributed by atoms with E-state index in [1.165, 1.54) is 6.20 Å². The number of esters is 1. The molecular formula is C17H25N3O4. The largest absolute Gasteiger partial charge is 0.462 e. The van der Waals surface area contributed by atoms with Gasteiger partial charge >= 0.3 is 12.1 Å². The Morgan fingerprint density at radius 2 is 1.83 bits per heavy atom. The molecule has 7 heteroatoms. The molecule has 1 amide bonds. The maximum absolute atomic E-state index is 12.1. The van der Waals surface area contributed by atoms with Gasteiger partial charge in [-0.2, -0.15) is 0 Å². The molecule has 1 aliphatic heterocycles. The van der Waals surface area contributed by atoms with E-state index in [0.717, 1.165) is 5.69 Å². The number of pyridine rings is 1. The average Bonchev–Trinajstić information content (AvgIpc) is 2.54. The van der Waals surface area contributed by atoms with Crippen molar-refractivity contribution < 1.29 is 19.1 Å². The maximum atomic E-state index is 12.1. The molecule has 1 aromatic heterocycles. The van der Waals surface area contributed by atoms with E-state index in [2.05, 4.69) is 9.88 Å². The number of anilines is 1. The summed E-state index contributed by atoms with van der Waals surface area (Å²) in [5.41, 5.74) is 0.792. The zero-order valence-corrected chi connectivity index (χ0v) is 14.7. The van der Waals surface area contributed by atoms with Crippen molar-refractivity contribution in [3.8, 4) is 0 Å². The molecule has 2 heterocycles. The van der Waals surface area contributed by atoms with Crippen LogP contribution in [-0.4, -0.2) is 60.3 Å². The zero-order valence-electron chi connectivity index (χ0n) is 14.7. The van der Waals surface area contributed by atoms with Crippen LogP contribution in [0.1, 0.15) is 38.1 Å². The van der Waals surface area contributed by atoms with E-state index in [9.17, 15) is 9.59 Å². The van der Waals surface area contributed by atoms with E-state index >= 15 is 0 Å². The van der Waals surface area contributed by atoms with Crippen molar-refractivity contribution in [2.45, 2.75) is 33.3 Å². The molecule has 0 spiro atoms. The predicted octanol–water partition coefficient (Wildman–Crippen LogP) is 2.32. The second-order valence-electron chi connectivity index (χ2n) is 6.61. The highest BCUT2D eigenvalue weighted by Crippen LogP contribution is 2.18. The van der Waals surface area contributed by atoms with E-state index in [-0.39, 0.29) is 12.1 Å². The van der Waals surface area contributed by atoms with Crippen molar-refractivity contribution in [2.24, 2.45) is 0 Å². The molecule has 1 saturated heterocycles. The van der Waals surface area contributed by atoms with Gasteiger partial charge in [0.05, 0.1) is 24.1 Å². The number of aromatic nitrogens is 1. The molecule has 1 aliphatic rings. The molecular weight excluding hydrogens is 310 g/mol. The fourth-order valence-corrected chi connectivity index (χ4v) is 2.40. The Kier molecular flexibility index (Phi) is 5.64. The van der Waals surface area contributed by atoms with Crippen LogP contribution in [-0.2, 0) is 9.47 Å². The monoisotopic (exact) mass is 335 g/mol. The van der Waals surface area contributed by atoms with Crippen LogP contribution in [0.2, 0.25) is 0 Å².